The maximum absolute atomic E-state index is 13.8. The lowest BCUT2D eigenvalue weighted by atomic mass is 10.0. The van der Waals surface area contributed by atoms with Gasteiger partial charge in [0.1, 0.15) is 5.75 Å². The van der Waals surface area contributed by atoms with Crippen molar-refractivity contribution in [2.75, 3.05) is 12.4 Å². The standard InChI is InChI=1S/C27H23F6N3O3/c1-38-24(37)14-8-17-7-13-22-21(15-17)35-25(34-19-9-11-20(12-10-19)39-27(31,32)33)36(22)23(16-26(28,29)30)18-5-3-2-4-6-18/h2-7,9-13,15,23H,8,14,16H2,1H3,(H,34,35)/t23-/m1/s1. The van der Waals surface area contributed by atoms with Crippen molar-refractivity contribution >= 4 is 28.6 Å². The van der Waals surface area contributed by atoms with Gasteiger partial charge in [-0.2, -0.15) is 13.2 Å². The normalized spacial score (nSPS) is 12.8. The van der Waals surface area contributed by atoms with Crippen molar-refractivity contribution in [2.24, 2.45) is 0 Å². The predicted molar refractivity (Wildman–Crippen MR) is 132 cm³/mol. The number of aryl methyl sites for hydroxylation is 1. The molecule has 3 aromatic carbocycles. The molecular formula is C27H23F6N3O3. The Balaban J connectivity index is 1.78. The zero-order valence-electron chi connectivity index (χ0n) is 20.5. The molecule has 0 radical (unpaired) electrons. The SMILES string of the molecule is COC(=O)CCc1ccc2c(c1)nc(Nc1ccc(OC(F)(F)F)cc1)n2[C@H](CC(F)(F)F)c1ccccc1. The molecule has 1 atom stereocenters. The molecule has 0 unspecified atom stereocenters. The van der Waals surface area contributed by atoms with Crippen molar-refractivity contribution in [3.05, 3.63) is 83.9 Å². The van der Waals surface area contributed by atoms with Crippen LogP contribution in [0.15, 0.2) is 72.8 Å². The van der Waals surface area contributed by atoms with E-state index < -0.39 is 36.7 Å². The van der Waals surface area contributed by atoms with Crippen molar-refractivity contribution in [2.45, 2.75) is 37.8 Å². The van der Waals surface area contributed by atoms with Crippen LogP contribution in [0, 0.1) is 0 Å². The Bertz CT molecular complexity index is 1420. The second kappa shape index (κ2) is 11.3. The van der Waals surface area contributed by atoms with Crippen molar-refractivity contribution in [1.82, 2.24) is 9.55 Å². The molecule has 1 heterocycles. The fraction of sp³-hybridized carbons (Fsp3) is 0.259. The number of nitrogens with zero attached hydrogens (tertiary/aromatic N) is 2. The minimum absolute atomic E-state index is 0.0534. The molecule has 1 aromatic heterocycles. The first-order valence-corrected chi connectivity index (χ1v) is 11.7. The van der Waals surface area contributed by atoms with Crippen LogP contribution >= 0.6 is 0 Å². The summed E-state index contributed by atoms with van der Waals surface area (Å²) in [5.74, 6) is -0.802. The quantitative estimate of drug-likeness (QED) is 0.174. The maximum Gasteiger partial charge on any atom is 0.573 e. The van der Waals surface area contributed by atoms with Crippen molar-refractivity contribution in [3.8, 4) is 5.75 Å². The summed E-state index contributed by atoms with van der Waals surface area (Å²) < 4.78 is 88.9. The van der Waals surface area contributed by atoms with Gasteiger partial charge in [-0.15, -0.1) is 13.2 Å². The number of aromatic nitrogens is 2. The first kappa shape index (κ1) is 27.8. The topological polar surface area (TPSA) is 65.4 Å². The van der Waals surface area contributed by atoms with Crippen LogP contribution in [0.1, 0.15) is 30.0 Å². The molecule has 0 bridgehead atoms. The Labute approximate surface area is 219 Å². The molecule has 206 valence electrons. The highest BCUT2D eigenvalue weighted by Crippen LogP contribution is 2.38. The van der Waals surface area contributed by atoms with E-state index in [2.05, 4.69) is 19.8 Å². The van der Waals surface area contributed by atoms with E-state index in [1.165, 1.54) is 23.8 Å². The maximum atomic E-state index is 13.8. The Morgan fingerprint density at radius 1 is 0.974 bits per heavy atom. The summed E-state index contributed by atoms with van der Waals surface area (Å²) in [4.78, 5) is 16.1. The van der Waals surface area contributed by atoms with E-state index in [-0.39, 0.29) is 18.1 Å². The van der Waals surface area contributed by atoms with E-state index in [1.54, 1.807) is 48.5 Å². The Morgan fingerprint density at radius 2 is 1.67 bits per heavy atom. The molecule has 0 spiro atoms. The van der Waals surface area contributed by atoms with E-state index in [1.807, 2.05) is 0 Å². The van der Waals surface area contributed by atoms with Crippen molar-refractivity contribution < 1.29 is 40.6 Å². The first-order chi connectivity index (χ1) is 18.4. The third-order valence-corrected chi connectivity index (χ3v) is 5.86. The number of rotatable bonds is 9. The summed E-state index contributed by atoms with van der Waals surface area (Å²) >= 11 is 0. The van der Waals surface area contributed by atoms with Crippen LogP contribution in [0.2, 0.25) is 0 Å². The highest BCUT2D eigenvalue weighted by atomic mass is 19.4. The second-order valence-corrected chi connectivity index (χ2v) is 8.65. The van der Waals surface area contributed by atoms with Gasteiger partial charge in [0, 0.05) is 12.1 Å². The van der Waals surface area contributed by atoms with E-state index in [9.17, 15) is 31.1 Å². The van der Waals surface area contributed by atoms with Gasteiger partial charge in [0.05, 0.1) is 30.6 Å². The molecular weight excluding hydrogens is 528 g/mol. The molecule has 4 rings (SSSR count). The molecule has 0 saturated heterocycles. The minimum Gasteiger partial charge on any atom is -0.469 e. The van der Waals surface area contributed by atoms with Crippen molar-refractivity contribution in [3.63, 3.8) is 0 Å². The Morgan fingerprint density at radius 3 is 2.28 bits per heavy atom. The highest BCUT2D eigenvalue weighted by molar-refractivity contribution is 5.81. The molecule has 0 amide bonds. The molecule has 0 aliphatic heterocycles. The van der Waals surface area contributed by atoms with Gasteiger partial charge >= 0.3 is 18.5 Å². The van der Waals surface area contributed by atoms with Gasteiger partial charge in [-0.1, -0.05) is 36.4 Å². The molecule has 39 heavy (non-hydrogen) atoms. The summed E-state index contributed by atoms with van der Waals surface area (Å²) in [5, 5.41) is 2.94. The van der Waals surface area contributed by atoms with Gasteiger partial charge in [0.15, 0.2) is 0 Å². The molecule has 4 aromatic rings. The smallest absolute Gasteiger partial charge is 0.469 e. The number of hydrogen-bond acceptors (Lipinski definition) is 5. The van der Waals surface area contributed by atoms with E-state index in [0.29, 0.717) is 23.0 Å². The lowest BCUT2D eigenvalue weighted by Gasteiger charge is -2.24. The number of ether oxygens (including phenoxy) is 2. The van der Waals surface area contributed by atoms with Gasteiger partial charge in [-0.05, 0) is 53.9 Å². The molecule has 12 heteroatoms. The molecule has 0 fully saturated rings. The predicted octanol–water partition coefficient (Wildman–Crippen LogP) is 7.33. The lowest BCUT2D eigenvalue weighted by Crippen LogP contribution is -2.21. The van der Waals surface area contributed by atoms with Crippen LogP contribution < -0.4 is 10.1 Å². The number of hydrogen-bond donors (Lipinski definition) is 1. The average Bonchev–Trinajstić information content (AvgIpc) is 3.22. The van der Waals surface area contributed by atoms with Crippen LogP contribution in [-0.2, 0) is 16.0 Å². The van der Waals surface area contributed by atoms with Crippen LogP contribution in [0.4, 0.5) is 38.0 Å². The van der Waals surface area contributed by atoms with Gasteiger partial charge in [-0.3, -0.25) is 4.79 Å². The van der Waals surface area contributed by atoms with Crippen LogP contribution in [0.5, 0.6) is 5.75 Å². The minimum atomic E-state index is -4.87. The third-order valence-electron chi connectivity index (χ3n) is 5.86. The largest absolute Gasteiger partial charge is 0.573 e. The number of esters is 1. The summed E-state index contributed by atoms with van der Waals surface area (Å²) in [7, 11) is 1.28. The van der Waals surface area contributed by atoms with Gasteiger partial charge in [-0.25, -0.2) is 4.98 Å². The zero-order valence-corrected chi connectivity index (χ0v) is 20.5. The number of carbonyl (C=O) groups excluding carboxylic acids is 1. The number of carbonyl (C=O) groups is 1. The van der Waals surface area contributed by atoms with E-state index >= 15 is 0 Å². The number of imidazole rings is 1. The fourth-order valence-electron chi connectivity index (χ4n) is 4.17. The summed E-state index contributed by atoms with van der Waals surface area (Å²) in [6.07, 6.45) is -10.1. The molecule has 0 saturated carbocycles. The van der Waals surface area contributed by atoms with Gasteiger partial charge in [0.25, 0.3) is 0 Å². The highest BCUT2D eigenvalue weighted by Gasteiger charge is 2.35. The van der Waals surface area contributed by atoms with Crippen molar-refractivity contribution in [1.29, 1.82) is 0 Å². The van der Waals surface area contributed by atoms with Crippen LogP contribution in [0.25, 0.3) is 11.0 Å². The van der Waals surface area contributed by atoms with Crippen LogP contribution in [0.3, 0.4) is 0 Å². The molecule has 0 aliphatic carbocycles. The average molecular weight is 551 g/mol. The van der Waals surface area contributed by atoms with Gasteiger partial charge < -0.3 is 19.4 Å². The lowest BCUT2D eigenvalue weighted by molar-refractivity contribution is -0.274. The number of alkyl halides is 6. The molecule has 0 aliphatic rings. The second-order valence-electron chi connectivity index (χ2n) is 8.65. The van der Waals surface area contributed by atoms with Crippen LogP contribution in [-0.4, -0.2) is 35.2 Å². The monoisotopic (exact) mass is 551 g/mol. The van der Waals surface area contributed by atoms with E-state index in [0.717, 1.165) is 17.7 Å². The Hall–Kier alpha value is -4.22. The molecule has 6 nitrogen and oxygen atoms in total. The van der Waals surface area contributed by atoms with E-state index in [4.69, 9.17) is 0 Å². The number of methoxy groups -OCH3 is 1. The number of anilines is 2. The third kappa shape index (κ3) is 7.43. The fourth-order valence-corrected chi connectivity index (χ4v) is 4.17. The summed E-state index contributed by atoms with van der Waals surface area (Å²) in [6.45, 7) is 0. The number of nitrogens with one attached hydrogen (secondary N) is 1. The Kier molecular flexibility index (Phi) is 8.03. The first-order valence-electron chi connectivity index (χ1n) is 11.7. The number of benzene rings is 3. The zero-order chi connectivity index (χ0) is 28.2. The summed E-state index contributed by atoms with van der Waals surface area (Å²) in [5.41, 5.74) is 2.17. The molecule has 1 N–H and O–H groups in total. The number of halogens is 6. The van der Waals surface area contributed by atoms with Gasteiger partial charge in [0.2, 0.25) is 5.95 Å². The summed E-state index contributed by atoms with van der Waals surface area (Å²) in [6, 6.07) is 16.7. The number of fused-ring (bicyclic) bond motifs is 1.